The predicted molar refractivity (Wildman–Crippen MR) is 171 cm³/mol. The molecule has 0 saturated heterocycles. The summed E-state index contributed by atoms with van der Waals surface area (Å²) in [6.07, 6.45) is 3.80. The van der Waals surface area contributed by atoms with Gasteiger partial charge in [-0.1, -0.05) is 37.6 Å². The van der Waals surface area contributed by atoms with Gasteiger partial charge in [0, 0.05) is 25.1 Å². The largest absolute Gasteiger partial charge is 0.493 e. The molecular weight excluding hydrogens is 582 g/mol. The zero-order valence-corrected chi connectivity index (χ0v) is 27.3. The summed E-state index contributed by atoms with van der Waals surface area (Å²) in [6, 6.07) is 10.2. The summed E-state index contributed by atoms with van der Waals surface area (Å²) in [5.74, 6) is 1.49. The van der Waals surface area contributed by atoms with E-state index >= 15 is 0 Å². The first kappa shape index (κ1) is 42.3. The van der Waals surface area contributed by atoms with Crippen LogP contribution in [-0.4, -0.2) is 50.1 Å². The lowest BCUT2D eigenvalue weighted by Crippen LogP contribution is -2.32. The van der Waals surface area contributed by atoms with Gasteiger partial charge in [0.05, 0.1) is 12.2 Å². The second kappa shape index (κ2) is 26.8. The van der Waals surface area contributed by atoms with Crippen LogP contribution in [0.5, 0.6) is 5.75 Å². The molecule has 0 aliphatic heterocycles. The maximum atomic E-state index is 13.2. The average Bonchev–Trinajstić information content (AvgIpc) is 2.93. The number of rotatable bonds is 14. The van der Waals surface area contributed by atoms with E-state index in [-0.39, 0.29) is 17.8 Å². The number of hydrogen-bond donors (Lipinski definition) is 3. The van der Waals surface area contributed by atoms with Gasteiger partial charge in [-0.3, -0.25) is 9.59 Å². The lowest BCUT2D eigenvalue weighted by molar-refractivity contribution is -0.137. The first-order valence-corrected chi connectivity index (χ1v) is 15.9. The Morgan fingerprint density at radius 3 is 2.23 bits per heavy atom. The average molecular weight is 634 g/mol. The van der Waals surface area contributed by atoms with Crippen LogP contribution in [0, 0.1) is 19.7 Å². The molecule has 2 amide bonds. The van der Waals surface area contributed by atoms with Crippen molar-refractivity contribution in [2.45, 2.75) is 85.4 Å². The molecule has 11 heteroatoms. The first-order chi connectivity index (χ1) is 20.3. The Bertz CT molecular complexity index is 974. The third-order valence-corrected chi connectivity index (χ3v) is 5.96. The van der Waals surface area contributed by atoms with Crippen molar-refractivity contribution in [3.8, 4) is 5.75 Å². The Morgan fingerprint density at radius 1 is 1.07 bits per heavy atom. The molecule has 6 nitrogen and oxygen atoms in total. The van der Waals surface area contributed by atoms with Crippen LogP contribution in [0.15, 0.2) is 42.5 Å². The molecule has 0 aliphatic rings. The number of halogens is 4. The highest BCUT2D eigenvalue weighted by Gasteiger charge is 2.29. The SMILES string of the molecule is CCCNC=O.CCN.CSCCC(C)NC(=O)CCCCCOc1cc(C)cc(F)c1.Cc1cccc(C(F)(F)F)c1. The highest BCUT2D eigenvalue weighted by Crippen LogP contribution is 2.29. The third kappa shape index (κ3) is 26.6. The number of nitrogens with one attached hydrogen (secondary N) is 2. The van der Waals surface area contributed by atoms with Gasteiger partial charge in [0.15, 0.2) is 0 Å². The molecule has 0 saturated carbocycles. The predicted octanol–water partition coefficient (Wildman–Crippen LogP) is 7.45. The number of ether oxygens (including phenoxy) is 1. The Hall–Kier alpha value is -2.79. The number of unbranched alkanes of at least 4 members (excludes halogenated alkanes) is 2. The minimum atomic E-state index is -4.22. The van der Waals surface area contributed by atoms with E-state index in [0.717, 1.165) is 68.6 Å². The van der Waals surface area contributed by atoms with Crippen molar-refractivity contribution in [3.05, 3.63) is 65.0 Å². The van der Waals surface area contributed by atoms with Crippen LogP contribution >= 0.6 is 11.8 Å². The van der Waals surface area contributed by atoms with Crippen molar-refractivity contribution >= 4 is 24.1 Å². The summed E-state index contributed by atoms with van der Waals surface area (Å²) >= 11 is 1.80. The Labute approximate surface area is 259 Å². The van der Waals surface area contributed by atoms with E-state index < -0.39 is 11.7 Å². The van der Waals surface area contributed by atoms with E-state index in [1.54, 1.807) is 24.8 Å². The van der Waals surface area contributed by atoms with E-state index in [1.807, 2.05) is 33.8 Å². The summed E-state index contributed by atoms with van der Waals surface area (Å²) < 4.78 is 54.6. The molecule has 0 radical (unpaired) electrons. The number of alkyl halides is 3. The summed E-state index contributed by atoms with van der Waals surface area (Å²) in [6.45, 7) is 11.5. The third-order valence-electron chi connectivity index (χ3n) is 5.32. The number of benzene rings is 2. The molecule has 1 unspecified atom stereocenters. The lowest BCUT2D eigenvalue weighted by atomic mass is 10.1. The second-order valence-corrected chi connectivity index (χ2v) is 10.7. The number of amides is 2. The van der Waals surface area contributed by atoms with E-state index in [4.69, 9.17) is 10.5 Å². The van der Waals surface area contributed by atoms with Crippen LogP contribution in [0.1, 0.15) is 76.0 Å². The molecule has 0 bridgehead atoms. The van der Waals surface area contributed by atoms with Crippen LogP contribution in [0.3, 0.4) is 0 Å². The van der Waals surface area contributed by atoms with Gasteiger partial charge in [-0.25, -0.2) is 4.39 Å². The van der Waals surface area contributed by atoms with Crippen LogP contribution < -0.4 is 21.1 Å². The maximum Gasteiger partial charge on any atom is 0.416 e. The molecule has 2 aromatic rings. The molecule has 0 heterocycles. The highest BCUT2D eigenvalue weighted by atomic mass is 32.2. The van der Waals surface area contributed by atoms with Crippen molar-refractivity contribution in [3.63, 3.8) is 0 Å². The number of carbonyl (C=O) groups excluding carboxylic acids is 2. The molecule has 1 atom stereocenters. The van der Waals surface area contributed by atoms with Crippen molar-refractivity contribution < 1.29 is 31.9 Å². The molecule has 43 heavy (non-hydrogen) atoms. The summed E-state index contributed by atoms with van der Waals surface area (Å²) in [7, 11) is 0. The fraction of sp³-hybridized carbons (Fsp3) is 0.562. The van der Waals surface area contributed by atoms with Gasteiger partial charge < -0.3 is 21.1 Å². The van der Waals surface area contributed by atoms with Crippen molar-refractivity contribution in [2.24, 2.45) is 5.73 Å². The van der Waals surface area contributed by atoms with Gasteiger partial charge in [0.1, 0.15) is 11.6 Å². The minimum Gasteiger partial charge on any atom is -0.493 e. The smallest absolute Gasteiger partial charge is 0.416 e. The molecule has 2 rings (SSSR count). The van der Waals surface area contributed by atoms with Crippen molar-refractivity contribution in [1.82, 2.24) is 10.6 Å². The molecule has 4 N–H and O–H groups in total. The highest BCUT2D eigenvalue weighted by molar-refractivity contribution is 7.98. The van der Waals surface area contributed by atoms with E-state index in [9.17, 15) is 27.2 Å². The Morgan fingerprint density at radius 2 is 1.74 bits per heavy atom. The maximum absolute atomic E-state index is 13.2. The second-order valence-electron chi connectivity index (χ2n) is 9.72. The van der Waals surface area contributed by atoms with Crippen molar-refractivity contribution in [2.75, 3.05) is 31.7 Å². The molecule has 0 spiro atoms. The number of hydrogen-bond acceptors (Lipinski definition) is 5. The molecule has 2 aromatic carbocycles. The van der Waals surface area contributed by atoms with Gasteiger partial charge >= 0.3 is 6.18 Å². The lowest BCUT2D eigenvalue weighted by Gasteiger charge is -2.13. The topological polar surface area (TPSA) is 93.5 Å². The van der Waals surface area contributed by atoms with Gasteiger partial charge in [-0.2, -0.15) is 24.9 Å². The summed E-state index contributed by atoms with van der Waals surface area (Å²) in [5, 5.41) is 5.54. The Balaban J connectivity index is 0. The minimum absolute atomic E-state index is 0.125. The fourth-order valence-corrected chi connectivity index (χ4v) is 3.87. The van der Waals surface area contributed by atoms with Gasteiger partial charge in [0.2, 0.25) is 12.3 Å². The number of carbonyl (C=O) groups is 2. The monoisotopic (exact) mass is 633 g/mol. The van der Waals surface area contributed by atoms with Crippen LogP contribution in [-0.2, 0) is 15.8 Å². The van der Waals surface area contributed by atoms with Crippen molar-refractivity contribution in [1.29, 1.82) is 0 Å². The summed E-state index contributed by atoms with van der Waals surface area (Å²) in [4.78, 5) is 21.2. The standard InChI is InChI=1S/C18H28FNO2S.C8H7F3.C4H9NO.C2H7N/c1-14-11-16(19)13-17(12-14)22-9-6-4-5-7-18(21)20-15(2)8-10-23-3;1-6-3-2-4-7(5-6)8(9,10)11;1-2-3-5-4-6;1-2-3/h11-13,15H,4-10H2,1-3H3,(H,20,21);2-5H,1H3;4H,2-3H2,1H3,(H,5,6);2-3H2,1H3. The number of thioether (sulfide) groups is 1. The zero-order valence-electron chi connectivity index (χ0n) is 26.5. The zero-order chi connectivity index (χ0) is 33.1. The normalized spacial score (nSPS) is 10.9. The van der Waals surface area contributed by atoms with E-state index in [2.05, 4.69) is 16.9 Å². The number of nitrogens with two attached hydrogens (primary N) is 1. The summed E-state index contributed by atoms with van der Waals surface area (Å²) in [5.41, 5.74) is 5.74. The Kier molecular flexibility index (Phi) is 26.4. The molecular formula is C32H51F4N3O3S. The fourth-order valence-electron chi connectivity index (χ4n) is 3.28. The first-order valence-electron chi connectivity index (χ1n) is 14.5. The van der Waals surface area contributed by atoms with E-state index in [1.165, 1.54) is 18.2 Å². The van der Waals surface area contributed by atoms with Crippen LogP contribution in [0.2, 0.25) is 0 Å². The van der Waals surface area contributed by atoms with Gasteiger partial charge in [-0.05, 0) is 95.2 Å². The van der Waals surface area contributed by atoms with Crippen LogP contribution in [0.25, 0.3) is 0 Å². The molecule has 0 aliphatic carbocycles. The van der Waals surface area contributed by atoms with E-state index in [0.29, 0.717) is 30.8 Å². The van der Waals surface area contributed by atoms with Gasteiger partial charge in [0.25, 0.3) is 0 Å². The molecule has 0 aromatic heterocycles. The quantitative estimate of drug-likeness (QED) is 0.114. The van der Waals surface area contributed by atoms with Crippen LogP contribution in [0.4, 0.5) is 17.6 Å². The molecule has 0 fully saturated rings. The van der Waals surface area contributed by atoms with Gasteiger partial charge in [-0.15, -0.1) is 0 Å². The molecule has 246 valence electrons. The number of aryl methyl sites for hydroxylation is 2.